The standard InChI is InChI=1S/C21H24ClN3O3/c22-19-11-5-4-10-18(19)21(27)24-23-20(26)14-25-12-6-7-16(13-25)15-28-17-8-2-1-3-9-17/h1-5,8-11,16H,6-7,12-15H2,(H,23,26)(H,24,27). The van der Waals surface area contributed by atoms with Gasteiger partial charge in [-0.3, -0.25) is 25.3 Å². The van der Waals surface area contributed by atoms with E-state index in [1.807, 2.05) is 30.3 Å². The minimum atomic E-state index is -0.438. The van der Waals surface area contributed by atoms with Gasteiger partial charge in [-0.15, -0.1) is 0 Å². The van der Waals surface area contributed by atoms with Crippen molar-refractivity contribution in [3.8, 4) is 5.75 Å². The predicted octanol–water partition coefficient (Wildman–Crippen LogP) is 2.89. The second kappa shape index (κ2) is 10.1. The summed E-state index contributed by atoms with van der Waals surface area (Å²) in [5.41, 5.74) is 5.19. The predicted molar refractivity (Wildman–Crippen MR) is 108 cm³/mol. The molecule has 1 atom stereocenters. The van der Waals surface area contributed by atoms with E-state index in [0.29, 0.717) is 23.1 Å². The number of nitrogens with zero attached hydrogens (tertiary/aromatic N) is 1. The quantitative estimate of drug-likeness (QED) is 0.730. The Labute approximate surface area is 169 Å². The second-order valence-electron chi connectivity index (χ2n) is 6.85. The van der Waals surface area contributed by atoms with Crippen LogP contribution in [0.3, 0.4) is 0 Å². The SMILES string of the molecule is O=C(CN1CCCC(COc2ccccc2)C1)NNC(=O)c1ccccc1Cl. The number of rotatable bonds is 6. The first-order valence-corrected chi connectivity index (χ1v) is 9.73. The van der Waals surface area contributed by atoms with Crippen molar-refractivity contribution in [3.63, 3.8) is 0 Å². The molecule has 6 nitrogen and oxygen atoms in total. The summed E-state index contributed by atoms with van der Waals surface area (Å²) in [6, 6.07) is 16.4. The summed E-state index contributed by atoms with van der Waals surface area (Å²) in [6.45, 7) is 2.50. The Morgan fingerprint density at radius 3 is 2.61 bits per heavy atom. The molecule has 1 aliphatic heterocycles. The molecule has 0 aromatic heterocycles. The third-order valence-electron chi connectivity index (χ3n) is 4.63. The number of amides is 2. The van der Waals surface area contributed by atoms with Crippen LogP contribution in [0.2, 0.25) is 5.02 Å². The topological polar surface area (TPSA) is 70.7 Å². The number of halogens is 1. The Morgan fingerprint density at radius 2 is 1.82 bits per heavy atom. The van der Waals surface area contributed by atoms with Crippen LogP contribution in [0.1, 0.15) is 23.2 Å². The fraction of sp³-hybridized carbons (Fsp3) is 0.333. The number of benzene rings is 2. The van der Waals surface area contributed by atoms with Crippen molar-refractivity contribution >= 4 is 23.4 Å². The number of hydrazine groups is 1. The normalized spacial score (nSPS) is 17.0. The van der Waals surface area contributed by atoms with Crippen LogP contribution in [0.4, 0.5) is 0 Å². The van der Waals surface area contributed by atoms with Gasteiger partial charge in [0, 0.05) is 12.5 Å². The van der Waals surface area contributed by atoms with Gasteiger partial charge in [-0.2, -0.15) is 0 Å². The van der Waals surface area contributed by atoms with Gasteiger partial charge in [-0.1, -0.05) is 41.9 Å². The number of likely N-dealkylation sites (tertiary alicyclic amines) is 1. The number of nitrogens with one attached hydrogen (secondary N) is 2. The molecule has 3 rings (SSSR count). The maximum absolute atomic E-state index is 12.2. The van der Waals surface area contributed by atoms with E-state index in [9.17, 15) is 9.59 Å². The van der Waals surface area contributed by atoms with E-state index in [-0.39, 0.29) is 12.5 Å². The fourth-order valence-electron chi connectivity index (χ4n) is 3.24. The van der Waals surface area contributed by atoms with Crippen LogP contribution in [0.25, 0.3) is 0 Å². The minimum Gasteiger partial charge on any atom is -0.493 e. The molecule has 7 heteroatoms. The van der Waals surface area contributed by atoms with Gasteiger partial charge in [0.1, 0.15) is 5.75 Å². The summed E-state index contributed by atoms with van der Waals surface area (Å²) >= 11 is 5.99. The minimum absolute atomic E-state index is 0.227. The van der Waals surface area contributed by atoms with Crippen molar-refractivity contribution < 1.29 is 14.3 Å². The van der Waals surface area contributed by atoms with Gasteiger partial charge in [-0.05, 0) is 43.7 Å². The molecule has 148 valence electrons. The Bertz CT molecular complexity index is 800. The Morgan fingerprint density at radius 1 is 1.07 bits per heavy atom. The summed E-state index contributed by atoms with van der Waals surface area (Å²) in [5.74, 6) is 0.538. The Kier molecular flexibility index (Phi) is 7.28. The molecule has 0 radical (unpaired) electrons. The summed E-state index contributed by atoms with van der Waals surface area (Å²) < 4.78 is 5.84. The van der Waals surface area contributed by atoms with Gasteiger partial charge in [-0.25, -0.2) is 0 Å². The molecule has 2 N–H and O–H groups in total. The number of carbonyl (C=O) groups is 2. The van der Waals surface area contributed by atoms with Crippen LogP contribution in [0.5, 0.6) is 5.75 Å². The molecule has 2 aromatic carbocycles. The van der Waals surface area contributed by atoms with Gasteiger partial charge >= 0.3 is 0 Å². The molecule has 1 unspecified atom stereocenters. The highest BCUT2D eigenvalue weighted by atomic mass is 35.5. The lowest BCUT2D eigenvalue weighted by Gasteiger charge is -2.32. The molecule has 28 heavy (non-hydrogen) atoms. The zero-order valence-corrected chi connectivity index (χ0v) is 16.3. The third-order valence-corrected chi connectivity index (χ3v) is 4.96. The number of ether oxygens (including phenoxy) is 1. The summed E-state index contributed by atoms with van der Waals surface area (Å²) in [4.78, 5) is 26.4. The molecule has 1 aliphatic rings. The van der Waals surface area contributed by atoms with Crippen LogP contribution in [-0.4, -0.2) is 43.0 Å². The number of piperidine rings is 1. The highest BCUT2D eigenvalue weighted by Crippen LogP contribution is 2.18. The highest BCUT2D eigenvalue weighted by Gasteiger charge is 2.22. The van der Waals surface area contributed by atoms with E-state index < -0.39 is 5.91 Å². The first-order chi connectivity index (χ1) is 13.6. The molecule has 0 bridgehead atoms. The summed E-state index contributed by atoms with van der Waals surface area (Å²) in [5, 5.41) is 0.339. The lowest BCUT2D eigenvalue weighted by molar-refractivity contribution is -0.123. The largest absolute Gasteiger partial charge is 0.493 e. The monoisotopic (exact) mass is 401 g/mol. The van der Waals surface area contributed by atoms with Gasteiger partial charge in [0.15, 0.2) is 0 Å². The first kappa shape index (κ1) is 20.2. The van der Waals surface area contributed by atoms with E-state index in [0.717, 1.165) is 31.7 Å². The fourth-order valence-corrected chi connectivity index (χ4v) is 3.47. The average molecular weight is 402 g/mol. The smallest absolute Gasteiger partial charge is 0.271 e. The molecular weight excluding hydrogens is 378 g/mol. The van der Waals surface area contributed by atoms with Gasteiger partial charge < -0.3 is 4.74 Å². The second-order valence-corrected chi connectivity index (χ2v) is 7.26. The van der Waals surface area contributed by atoms with E-state index in [2.05, 4.69) is 15.8 Å². The molecule has 1 heterocycles. The maximum Gasteiger partial charge on any atom is 0.271 e. The van der Waals surface area contributed by atoms with E-state index in [1.54, 1.807) is 24.3 Å². The third kappa shape index (κ3) is 5.97. The van der Waals surface area contributed by atoms with Crippen molar-refractivity contribution in [2.75, 3.05) is 26.2 Å². The molecule has 0 saturated carbocycles. The average Bonchev–Trinajstić information content (AvgIpc) is 2.72. The molecule has 1 saturated heterocycles. The van der Waals surface area contributed by atoms with E-state index in [1.165, 1.54) is 0 Å². The molecular formula is C21H24ClN3O3. The van der Waals surface area contributed by atoms with Crippen LogP contribution in [0.15, 0.2) is 54.6 Å². The molecule has 0 spiro atoms. The van der Waals surface area contributed by atoms with Gasteiger partial charge in [0.05, 0.1) is 23.7 Å². The Balaban J connectivity index is 1.41. The summed E-state index contributed by atoms with van der Waals surface area (Å²) in [7, 11) is 0. The number of hydrogen-bond donors (Lipinski definition) is 2. The Hall–Kier alpha value is -2.57. The van der Waals surface area contributed by atoms with Crippen LogP contribution < -0.4 is 15.6 Å². The van der Waals surface area contributed by atoms with E-state index in [4.69, 9.17) is 16.3 Å². The number of hydrogen-bond acceptors (Lipinski definition) is 4. The lowest BCUT2D eigenvalue weighted by atomic mass is 9.99. The molecule has 2 aromatic rings. The van der Waals surface area contributed by atoms with Crippen LogP contribution >= 0.6 is 11.6 Å². The van der Waals surface area contributed by atoms with Crippen molar-refractivity contribution in [3.05, 3.63) is 65.2 Å². The van der Waals surface area contributed by atoms with Crippen LogP contribution in [-0.2, 0) is 4.79 Å². The maximum atomic E-state index is 12.2. The number of para-hydroxylation sites is 1. The van der Waals surface area contributed by atoms with Gasteiger partial charge in [0.2, 0.25) is 0 Å². The number of carbonyl (C=O) groups excluding carboxylic acids is 2. The lowest BCUT2D eigenvalue weighted by Crippen LogP contribution is -2.48. The molecule has 2 amide bonds. The van der Waals surface area contributed by atoms with Crippen molar-refractivity contribution in [2.45, 2.75) is 12.8 Å². The molecule has 0 aliphatic carbocycles. The van der Waals surface area contributed by atoms with Crippen molar-refractivity contribution in [2.24, 2.45) is 5.92 Å². The van der Waals surface area contributed by atoms with Crippen molar-refractivity contribution in [1.29, 1.82) is 0 Å². The highest BCUT2D eigenvalue weighted by molar-refractivity contribution is 6.33. The zero-order chi connectivity index (χ0) is 19.8. The summed E-state index contributed by atoms with van der Waals surface area (Å²) in [6.07, 6.45) is 2.09. The van der Waals surface area contributed by atoms with Crippen LogP contribution in [0, 0.1) is 5.92 Å². The first-order valence-electron chi connectivity index (χ1n) is 9.36. The van der Waals surface area contributed by atoms with E-state index >= 15 is 0 Å². The van der Waals surface area contributed by atoms with Gasteiger partial charge in [0.25, 0.3) is 11.8 Å². The molecule has 1 fully saturated rings. The zero-order valence-electron chi connectivity index (χ0n) is 15.6. The van der Waals surface area contributed by atoms with Crippen molar-refractivity contribution in [1.82, 2.24) is 15.8 Å².